The number of carbonyl (C=O) groups is 1. The van der Waals surface area contributed by atoms with E-state index in [2.05, 4.69) is 13.8 Å². The summed E-state index contributed by atoms with van der Waals surface area (Å²) in [5.74, 6) is 1.98. The molecular weight excluding hydrogens is 515 g/mol. The molecule has 228 valence electrons. The maximum atomic E-state index is 14.5. The highest BCUT2D eigenvalue weighted by molar-refractivity contribution is 5.91. The fourth-order valence-corrected chi connectivity index (χ4v) is 5.89. The minimum atomic E-state index is -0.600. The monoisotopic (exact) mass is 568 g/mol. The third-order valence-corrected chi connectivity index (χ3v) is 8.40. The minimum Gasteiger partial charge on any atom is -0.494 e. The van der Waals surface area contributed by atoms with Crippen LogP contribution in [0.2, 0.25) is 0 Å². The molecule has 0 aromatic heterocycles. The summed E-state index contributed by atoms with van der Waals surface area (Å²) >= 11 is 0. The van der Waals surface area contributed by atoms with Crippen LogP contribution < -0.4 is 14.2 Å². The summed E-state index contributed by atoms with van der Waals surface area (Å²) < 4.78 is 31.5. The molecule has 0 amide bonds. The molecule has 0 unspecified atom stereocenters. The van der Waals surface area contributed by atoms with Gasteiger partial charge in [0.2, 0.25) is 0 Å². The molecule has 41 heavy (non-hydrogen) atoms. The first-order chi connectivity index (χ1) is 20.1. The average molecular weight is 569 g/mol. The van der Waals surface area contributed by atoms with Gasteiger partial charge in [0.1, 0.15) is 11.5 Å². The van der Waals surface area contributed by atoms with E-state index in [4.69, 9.17) is 14.2 Å². The lowest BCUT2D eigenvalue weighted by molar-refractivity contribution is 0.0734. The second-order valence-corrected chi connectivity index (χ2v) is 11.8. The summed E-state index contributed by atoms with van der Waals surface area (Å²) in [6.45, 7) is 5.69. The fraction of sp³-hybridized carbons (Fsp3) is 0.639. The van der Waals surface area contributed by atoms with Gasteiger partial charge < -0.3 is 14.2 Å². The first-order valence-corrected chi connectivity index (χ1v) is 16.5. The summed E-state index contributed by atoms with van der Waals surface area (Å²) in [5, 5.41) is 0. The molecule has 0 atom stereocenters. The van der Waals surface area contributed by atoms with Crippen molar-refractivity contribution in [1.29, 1.82) is 0 Å². The maximum absolute atomic E-state index is 14.5. The number of rotatable bonds is 20. The zero-order valence-electron chi connectivity index (χ0n) is 25.6. The van der Waals surface area contributed by atoms with E-state index >= 15 is 0 Å². The molecule has 2 aromatic rings. The van der Waals surface area contributed by atoms with Crippen LogP contribution in [0, 0.1) is 17.7 Å². The smallest absolute Gasteiger partial charge is 0.343 e. The van der Waals surface area contributed by atoms with Gasteiger partial charge in [0.05, 0.1) is 18.8 Å². The number of esters is 1. The van der Waals surface area contributed by atoms with Crippen LogP contribution in [-0.4, -0.2) is 19.2 Å². The molecule has 4 nitrogen and oxygen atoms in total. The Kier molecular flexibility index (Phi) is 15.7. The van der Waals surface area contributed by atoms with Crippen molar-refractivity contribution in [2.45, 2.75) is 123 Å². The van der Waals surface area contributed by atoms with Crippen LogP contribution in [0.15, 0.2) is 42.5 Å². The third kappa shape index (κ3) is 12.9. The standard InChI is InChI=1S/C36H53FO4/c1-3-5-6-7-8-9-10-11-12-26-40-35-25-20-31(28-34(35)37)36(38)41-33-23-21-32(22-24-33)39-27-13-15-30-18-16-29(14-4-2)17-19-30/h20-25,28-30H,3-19,26-27H2,1-2H3/t29-,30-. The summed E-state index contributed by atoms with van der Waals surface area (Å²) in [6, 6.07) is 11.3. The van der Waals surface area contributed by atoms with Gasteiger partial charge in [-0.2, -0.15) is 0 Å². The first kappa shape index (κ1) is 32.9. The van der Waals surface area contributed by atoms with Crippen molar-refractivity contribution in [3.63, 3.8) is 0 Å². The minimum absolute atomic E-state index is 0.155. The van der Waals surface area contributed by atoms with Crippen molar-refractivity contribution in [3.8, 4) is 17.2 Å². The van der Waals surface area contributed by atoms with Gasteiger partial charge in [0, 0.05) is 0 Å². The molecule has 2 aromatic carbocycles. The topological polar surface area (TPSA) is 44.8 Å². The predicted molar refractivity (Wildman–Crippen MR) is 166 cm³/mol. The van der Waals surface area contributed by atoms with E-state index in [0.717, 1.165) is 36.8 Å². The van der Waals surface area contributed by atoms with E-state index < -0.39 is 11.8 Å². The van der Waals surface area contributed by atoms with Gasteiger partial charge in [-0.05, 0) is 73.6 Å². The van der Waals surface area contributed by atoms with Crippen LogP contribution >= 0.6 is 0 Å². The number of carbonyl (C=O) groups excluding carboxylic acids is 1. The quantitative estimate of drug-likeness (QED) is 0.0905. The molecule has 0 saturated heterocycles. The Bertz CT molecular complexity index is 982. The average Bonchev–Trinajstić information content (AvgIpc) is 2.98. The Labute approximate surface area is 248 Å². The van der Waals surface area contributed by atoms with Gasteiger partial charge in [-0.1, -0.05) is 104 Å². The lowest BCUT2D eigenvalue weighted by Gasteiger charge is -2.28. The Morgan fingerprint density at radius 3 is 1.90 bits per heavy atom. The Hall–Kier alpha value is -2.56. The van der Waals surface area contributed by atoms with Crippen LogP contribution in [0.5, 0.6) is 17.2 Å². The molecule has 0 bridgehead atoms. The molecule has 5 heteroatoms. The summed E-state index contributed by atoms with van der Waals surface area (Å²) in [7, 11) is 0. The van der Waals surface area contributed by atoms with Gasteiger partial charge in [-0.25, -0.2) is 9.18 Å². The predicted octanol–water partition coefficient (Wildman–Crippen LogP) is 10.7. The highest BCUT2D eigenvalue weighted by Gasteiger charge is 2.20. The summed E-state index contributed by atoms with van der Waals surface area (Å²) in [5.41, 5.74) is 0.155. The SMILES string of the molecule is CCCCCCCCCCCOc1ccc(C(=O)Oc2ccc(OCCC[C@H]3CC[C@H](CCC)CC3)cc2)cc1F. The molecule has 1 aliphatic rings. The van der Waals surface area contributed by atoms with E-state index in [1.165, 1.54) is 102 Å². The lowest BCUT2D eigenvalue weighted by atomic mass is 9.78. The fourth-order valence-electron chi connectivity index (χ4n) is 5.89. The lowest BCUT2D eigenvalue weighted by Crippen LogP contribution is -2.15. The van der Waals surface area contributed by atoms with Crippen LogP contribution in [0.25, 0.3) is 0 Å². The molecule has 0 aliphatic heterocycles. The Morgan fingerprint density at radius 2 is 1.27 bits per heavy atom. The van der Waals surface area contributed by atoms with E-state index in [9.17, 15) is 9.18 Å². The number of ether oxygens (including phenoxy) is 3. The molecule has 1 aliphatic carbocycles. The highest BCUT2D eigenvalue weighted by Crippen LogP contribution is 2.33. The van der Waals surface area contributed by atoms with Crippen molar-refractivity contribution in [1.82, 2.24) is 0 Å². The van der Waals surface area contributed by atoms with Gasteiger partial charge in [-0.3, -0.25) is 0 Å². The molecule has 3 rings (SSSR count). The second kappa shape index (κ2) is 19.5. The van der Waals surface area contributed by atoms with E-state index in [0.29, 0.717) is 19.0 Å². The number of hydrogen-bond acceptors (Lipinski definition) is 4. The zero-order chi connectivity index (χ0) is 29.1. The van der Waals surface area contributed by atoms with Crippen molar-refractivity contribution in [3.05, 3.63) is 53.8 Å². The molecule has 0 heterocycles. The van der Waals surface area contributed by atoms with Gasteiger partial charge in [0.15, 0.2) is 11.6 Å². The first-order valence-electron chi connectivity index (χ1n) is 16.5. The van der Waals surface area contributed by atoms with Crippen LogP contribution in [0.1, 0.15) is 133 Å². The van der Waals surface area contributed by atoms with Gasteiger partial charge in [-0.15, -0.1) is 0 Å². The van der Waals surface area contributed by atoms with Crippen LogP contribution in [0.3, 0.4) is 0 Å². The van der Waals surface area contributed by atoms with Crippen molar-refractivity contribution < 1.29 is 23.4 Å². The molecule has 0 N–H and O–H groups in total. The van der Waals surface area contributed by atoms with Crippen molar-refractivity contribution >= 4 is 5.97 Å². The van der Waals surface area contributed by atoms with Crippen LogP contribution in [0.4, 0.5) is 4.39 Å². The Morgan fingerprint density at radius 1 is 0.683 bits per heavy atom. The van der Waals surface area contributed by atoms with Crippen LogP contribution in [-0.2, 0) is 0 Å². The molecule has 1 saturated carbocycles. The van der Waals surface area contributed by atoms with E-state index in [1.54, 1.807) is 18.2 Å². The van der Waals surface area contributed by atoms with Crippen molar-refractivity contribution in [2.24, 2.45) is 11.8 Å². The normalized spacial score (nSPS) is 16.9. The van der Waals surface area contributed by atoms with Gasteiger partial charge >= 0.3 is 5.97 Å². The van der Waals surface area contributed by atoms with Crippen molar-refractivity contribution in [2.75, 3.05) is 13.2 Å². The van der Waals surface area contributed by atoms with E-state index in [1.807, 2.05) is 12.1 Å². The second-order valence-electron chi connectivity index (χ2n) is 11.8. The number of halogens is 1. The summed E-state index contributed by atoms with van der Waals surface area (Å²) in [4.78, 5) is 12.6. The van der Waals surface area contributed by atoms with E-state index in [-0.39, 0.29) is 11.3 Å². The van der Waals surface area contributed by atoms with Gasteiger partial charge in [0.25, 0.3) is 0 Å². The third-order valence-electron chi connectivity index (χ3n) is 8.40. The largest absolute Gasteiger partial charge is 0.494 e. The number of unbranched alkanes of at least 4 members (excludes halogenated alkanes) is 8. The number of benzene rings is 2. The Balaban J connectivity index is 1.29. The molecule has 1 fully saturated rings. The molecule has 0 radical (unpaired) electrons. The molecule has 0 spiro atoms. The zero-order valence-corrected chi connectivity index (χ0v) is 25.6. The summed E-state index contributed by atoms with van der Waals surface area (Å²) in [6.07, 6.45) is 21.5. The highest BCUT2D eigenvalue weighted by atomic mass is 19.1. The maximum Gasteiger partial charge on any atom is 0.343 e. The molecular formula is C36H53FO4. The number of hydrogen-bond donors (Lipinski definition) is 0.